The van der Waals surface area contributed by atoms with Crippen LogP contribution < -0.4 is 0 Å². The fourth-order valence-corrected chi connectivity index (χ4v) is 1.60. The summed E-state index contributed by atoms with van der Waals surface area (Å²) in [6, 6.07) is 0. The number of ether oxygens (including phenoxy) is 2. The summed E-state index contributed by atoms with van der Waals surface area (Å²) in [5, 5.41) is 36.1. The van der Waals surface area contributed by atoms with Gasteiger partial charge in [0.25, 0.3) is 0 Å². The topological polar surface area (TPSA) is 134 Å². The molecule has 0 aromatic carbocycles. The molecule has 1 saturated heterocycles. The lowest BCUT2D eigenvalue weighted by Crippen LogP contribution is -2.51. The summed E-state index contributed by atoms with van der Waals surface area (Å²) in [6.45, 7) is 0.0243. The van der Waals surface area contributed by atoms with Gasteiger partial charge in [-0.3, -0.25) is 4.79 Å². The molecule has 0 aliphatic carbocycles. The first-order valence-corrected chi connectivity index (χ1v) is 5.49. The molecule has 18 heavy (non-hydrogen) atoms. The van der Waals surface area contributed by atoms with Crippen LogP contribution in [0.1, 0.15) is 19.3 Å². The molecule has 8 heteroatoms. The number of hydrogen-bond donors (Lipinski definition) is 4. The number of aliphatic hydroxyl groups excluding tert-OH is 2. The molecule has 1 rings (SSSR count). The fourth-order valence-electron chi connectivity index (χ4n) is 1.60. The van der Waals surface area contributed by atoms with E-state index in [-0.39, 0.29) is 25.9 Å². The quantitative estimate of drug-likeness (QED) is 0.439. The van der Waals surface area contributed by atoms with Gasteiger partial charge in [0.05, 0.1) is 12.7 Å². The van der Waals surface area contributed by atoms with Crippen LogP contribution in [0.2, 0.25) is 0 Å². The molecule has 4 atom stereocenters. The van der Waals surface area contributed by atoms with Gasteiger partial charge in [-0.15, -0.1) is 0 Å². The van der Waals surface area contributed by atoms with Gasteiger partial charge in [0.1, 0.15) is 6.10 Å². The van der Waals surface area contributed by atoms with E-state index in [2.05, 4.69) is 0 Å². The second-order valence-electron chi connectivity index (χ2n) is 4.00. The van der Waals surface area contributed by atoms with Gasteiger partial charge in [0.15, 0.2) is 12.4 Å². The standard InChI is InChI=1S/C10H16O8/c11-5-4-6(12)10(18-8(5)9(15)16)17-3-1-2-7(13)14/h5-6,8,10-12H,1-4H2,(H,13,14)(H,15,16)/t5-,6+,8-,10+/m0/s1. The zero-order chi connectivity index (χ0) is 13.7. The summed E-state index contributed by atoms with van der Waals surface area (Å²) < 4.78 is 9.97. The Balaban J connectivity index is 2.39. The maximum Gasteiger partial charge on any atom is 0.335 e. The number of hydrogen-bond acceptors (Lipinski definition) is 6. The summed E-state index contributed by atoms with van der Waals surface area (Å²) >= 11 is 0. The highest BCUT2D eigenvalue weighted by molar-refractivity contribution is 5.73. The molecule has 1 heterocycles. The normalized spacial score (nSPS) is 32.1. The van der Waals surface area contributed by atoms with Gasteiger partial charge in [-0.2, -0.15) is 0 Å². The van der Waals surface area contributed by atoms with Crippen molar-refractivity contribution in [3.63, 3.8) is 0 Å². The van der Waals surface area contributed by atoms with Crippen molar-refractivity contribution in [3.8, 4) is 0 Å². The first-order valence-electron chi connectivity index (χ1n) is 5.49. The van der Waals surface area contributed by atoms with Gasteiger partial charge in [0, 0.05) is 12.8 Å². The molecule has 0 radical (unpaired) electrons. The third-order valence-corrected chi connectivity index (χ3v) is 2.49. The van der Waals surface area contributed by atoms with E-state index in [9.17, 15) is 19.8 Å². The van der Waals surface area contributed by atoms with Crippen molar-refractivity contribution in [1.29, 1.82) is 0 Å². The predicted molar refractivity (Wildman–Crippen MR) is 55.7 cm³/mol. The van der Waals surface area contributed by atoms with Crippen molar-refractivity contribution in [1.82, 2.24) is 0 Å². The van der Waals surface area contributed by atoms with Gasteiger partial charge < -0.3 is 29.9 Å². The van der Waals surface area contributed by atoms with E-state index in [0.29, 0.717) is 0 Å². The summed E-state index contributed by atoms with van der Waals surface area (Å²) in [5.41, 5.74) is 0. The Kier molecular flexibility index (Phi) is 5.48. The van der Waals surface area contributed by atoms with Crippen LogP contribution in [0.15, 0.2) is 0 Å². The highest BCUT2D eigenvalue weighted by Crippen LogP contribution is 2.21. The Morgan fingerprint density at radius 1 is 1.22 bits per heavy atom. The highest BCUT2D eigenvalue weighted by atomic mass is 16.7. The van der Waals surface area contributed by atoms with Gasteiger partial charge in [-0.05, 0) is 6.42 Å². The molecule has 0 amide bonds. The maximum absolute atomic E-state index is 10.7. The first kappa shape index (κ1) is 14.8. The average molecular weight is 264 g/mol. The summed E-state index contributed by atoms with van der Waals surface area (Å²) in [6.07, 6.45) is -5.07. The average Bonchev–Trinajstić information content (AvgIpc) is 2.25. The van der Waals surface area contributed by atoms with Crippen molar-refractivity contribution < 1.29 is 39.5 Å². The number of aliphatic carboxylic acids is 2. The minimum Gasteiger partial charge on any atom is -0.481 e. The second-order valence-corrected chi connectivity index (χ2v) is 4.00. The molecule has 104 valence electrons. The Hall–Kier alpha value is -1.22. The van der Waals surface area contributed by atoms with Crippen LogP contribution in [-0.2, 0) is 19.1 Å². The van der Waals surface area contributed by atoms with Crippen molar-refractivity contribution in [2.75, 3.05) is 6.61 Å². The van der Waals surface area contributed by atoms with Gasteiger partial charge in [-0.1, -0.05) is 0 Å². The van der Waals surface area contributed by atoms with Gasteiger partial charge >= 0.3 is 11.9 Å². The number of carbonyl (C=O) groups is 2. The van der Waals surface area contributed by atoms with Crippen LogP contribution in [0.4, 0.5) is 0 Å². The van der Waals surface area contributed by atoms with E-state index in [0.717, 1.165) is 0 Å². The van der Waals surface area contributed by atoms with Crippen molar-refractivity contribution in [2.45, 2.75) is 43.9 Å². The van der Waals surface area contributed by atoms with Crippen molar-refractivity contribution >= 4 is 11.9 Å². The minimum absolute atomic E-state index is 0.0243. The zero-order valence-corrected chi connectivity index (χ0v) is 9.56. The smallest absolute Gasteiger partial charge is 0.335 e. The van der Waals surface area contributed by atoms with E-state index >= 15 is 0 Å². The van der Waals surface area contributed by atoms with E-state index in [1.807, 2.05) is 0 Å². The second kappa shape index (κ2) is 6.64. The van der Waals surface area contributed by atoms with Crippen molar-refractivity contribution in [3.05, 3.63) is 0 Å². The van der Waals surface area contributed by atoms with Crippen LogP contribution in [-0.4, -0.2) is 63.6 Å². The van der Waals surface area contributed by atoms with Crippen LogP contribution in [0.25, 0.3) is 0 Å². The lowest BCUT2D eigenvalue weighted by Gasteiger charge is -2.34. The van der Waals surface area contributed by atoms with Gasteiger partial charge in [-0.25, -0.2) is 4.79 Å². The molecule has 8 nitrogen and oxygen atoms in total. The molecule has 1 fully saturated rings. The molecular weight excluding hydrogens is 248 g/mol. The Morgan fingerprint density at radius 2 is 1.89 bits per heavy atom. The maximum atomic E-state index is 10.7. The number of aliphatic hydroxyl groups is 2. The summed E-state index contributed by atoms with van der Waals surface area (Å²) in [5.74, 6) is -2.31. The number of rotatable bonds is 6. The highest BCUT2D eigenvalue weighted by Gasteiger charge is 2.40. The van der Waals surface area contributed by atoms with E-state index < -0.39 is 36.5 Å². The molecule has 0 aromatic rings. The van der Waals surface area contributed by atoms with E-state index in [1.54, 1.807) is 0 Å². The van der Waals surface area contributed by atoms with E-state index in [1.165, 1.54) is 0 Å². The summed E-state index contributed by atoms with van der Waals surface area (Å²) in [7, 11) is 0. The third kappa shape index (κ3) is 4.22. The molecule has 0 unspecified atom stereocenters. The molecule has 1 aliphatic rings. The van der Waals surface area contributed by atoms with Gasteiger partial charge in [0.2, 0.25) is 0 Å². The van der Waals surface area contributed by atoms with Crippen LogP contribution in [0.3, 0.4) is 0 Å². The van der Waals surface area contributed by atoms with Crippen LogP contribution in [0.5, 0.6) is 0 Å². The van der Waals surface area contributed by atoms with Crippen LogP contribution in [0, 0.1) is 0 Å². The minimum atomic E-state index is -1.45. The molecular formula is C10H16O8. The van der Waals surface area contributed by atoms with E-state index in [4.69, 9.17) is 19.7 Å². The molecule has 0 bridgehead atoms. The van der Waals surface area contributed by atoms with Crippen molar-refractivity contribution in [2.24, 2.45) is 0 Å². The number of carboxylic acids is 2. The first-order chi connectivity index (χ1) is 8.41. The lowest BCUT2D eigenvalue weighted by atomic mass is 10.0. The molecule has 0 saturated carbocycles. The SMILES string of the molecule is O=C(O)CCCO[C@@H]1O[C@H](C(=O)O)[C@@H](O)C[C@H]1O. The Bertz CT molecular complexity index is 304. The number of carboxylic acid groups (broad SMARTS) is 2. The fraction of sp³-hybridized carbons (Fsp3) is 0.800. The molecule has 1 aliphatic heterocycles. The molecule has 0 aromatic heterocycles. The monoisotopic (exact) mass is 264 g/mol. The third-order valence-electron chi connectivity index (χ3n) is 2.49. The largest absolute Gasteiger partial charge is 0.481 e. The van der Waals surface area contributed by atoms with Crippen LogP contribution >= 0.6 is 0 Å². The molecule has 4 N–H and O–H groups in total. The predicted octanol–water partition coefficient (Wildman–Crippen LogP) is -1.21. The lowest BCUT2D eigenvalue weighted by molar-refractivity contribution is -0.264. The zero-order valence-electron chi connectivity index (χ0n) is 9.56. The Morgan fingerprint density at radius 3 is 2.44 bits per heavy atom. The Labute approximate surface area is 103 Å². The molecule has 0 spiro atoms. The summed E-state index contributed by atoms with van der Waals surface area (Å²) in [4.78, 5) is 21.0.